The molecule has 1 amide bonds. The number of nitrogens with zero attached hydrogens (tertiary/aromatic N) is 3. The predicted molar refractivity (Wildman–Crippen MR) is 75.1 cm³/mol. The minimum Gasteiger partial charge on any atom is -0.476 e. The van der Waals surface area contributed by atoms with Crippen LogP contribution in [0, 0.1) is 0 Å². The Morgan fingerprint density at radius 2 is 2.19 bits per heavy atom. The van der Waals surface area contributed by atoms with Gasteiger partial charge in [0.05, 0.1) is 19.2 Å². The fourth-order valence-corrected chi connectivity index (χ4v) is 1.92. The van der Waals surface area contributed by atoms with Crippen molar-refractivity contribution in [2.45, 2.75) is 13.0 Å². The number of nitrogens with one attached hydrogen (secondary N) is 1. The van der Waals surface area contributed by atoms with Gasteiger partial charge in [0.1, 0.15) is 0 Å². The van der Waals surface area contributed by atoms with Crippen LogP contribution in [0.4, 0.5) is 0 Å². The first kappa shape index (κ1) is 15.0. The number of hydrogen-bond donors (Lipinski definition) is 2. The molecule has 2 N–H and O–H groups in total. The topological polar surface area (TPSA) is 97.1 Å². The molecule has 0 aliphatic rings. The van der Waals surface area contributed by atoms with Crippen molar-refractivity contribution in [1.82, 2.24) is 20.3 Å². The summed E-state index contributed by atoms with van der Waals surface area (Å²) in [5.74, 6) is -1.28. The summed E-state index contributed by atoms with van der Waals surface area (Å²) in [4.78, 5) is 22.4. The van der Waals surface area contributed by atoms with Gasteiger partial charge >= 0.3 is 5.97 Å². The zero-order valence-corrected chi connectivity index (χ0v) is 11.7. The van der Waals surface area contributed by atoms with Crippen molar-refractivity contribution in [2.24, 2.45) is 0 Å². The number of aromatic nitrogens is 3. The molecular weight excluding hydrogens is 296 g/mol. The van der Waals surface area contributed by atoms with E-state index in [0.717, 1.165) is 5.56 Å². The minimum absolute atomic E-state index is 0.125. The number of benzene rings is 1. The van der Waals surface area contributed by atoms with Crippen LogP contribution in [-0.2, 0) is 17.8 Å². The average Bonchev–Trinajstić information content (AvgIpc) is 2.87. The molecule has 1 heterocycles. The number of halogens is 1. The highest BCUT2D eigenvalue weighted by atomic mass is 35.5. The van der Waals surface area contributed by atoms with Crippen LogP contribution >= 0.6 is 11.6 Å². The fraction of sp³-hybridized carbons (Fsp3) is 0.231. The van der Waals surface area contributed by atoms with E-state index in [1.807, 2.05) is 6.07 Å². The Bertz CT molecular complexity index is 656. The molecule has 2 aromatic rings. The molecule has 21 heavy (non-hydrogen) atoms. The Balaban J connectivity index is 1.77. The Labute approximate surface area is 125 Å². The van der Waals surface area contributed by atoms with Gasteiger partial charge in [-0.1, -0.05) is 28.9 Å². The van der Waals surface area contributed by atoms with E-state index in [0.29, 0.717) is 18.1 Å². The fourth-order valence-electron chi connectivity index (χ4n) is 1.71. The number of carbonyl (C=O) groups is 2. The first-order chi connectivity index (χ1) is 10.0. The lowest BCUT2D eigenvalue weighted by molar-refractivity contribution is -0.120. The van der Waals surface area contributed by atoms with E-state index in [-0.39, 0.29) is 18.0 Å². The smallest absolute Gasteiger partial charge is 0.358 e. The molecule has 0 unspecified atom stereocenters. The SMILES string of the molecule is O=C(Cc1cccc(Cl)c1)NCCn1cc(C(=O)O)nn1. The van der Waals surface area contributed by atoms with E-state index in [9.17, 15) is 9.59 Å². The second kappa shape index (κ2) is 6.85. The van der Waals surface area contributed by atoms with Gasteiger partial charge < -0.3 is 10.4 Å². The summed E-state index contributed by atoms with van der Waals surface area (Å²) < 4.78 is 1.36. The molecule has 0 spiro atoms. The van der Waals surface area contributed by atoms with Crippen molar-refractivity contribution >= 4 is 23.5 Å². The largest absolute Gasteiger partial charge is 0.476 e. The van der Waals surface area contributed by atoms with Crippen molar-refractivity contribution in [3.8, 4) is 0 Å². The van der Waals surface area contributed by atoms with Crippen LogP contribution in [0.25, 0.3) is 0 Å². The summed E-state index contributed by atoms with van der Waals surface area (Å²) in [5, 5.41) is 19.1. The maximum atomic E-state index is 11.7. The van der Waals surface area contributed by atoms with Gasteiger partial charge in [0.25, 0.3) is 0 Å². The molecule has 0 saturated heterocycles. The summed E-state index contributed by atoms with van der Waals surface area (Å²) in [5.41, 5.74) is 0.703. The van der Waals surface area contributed by atoms with Crippen LogP contribution in [0.5, 0.6) is 0 Å². The summed E-state index contributed by atoms with van der Waals surface area (Å²) in [6.45, 7) is 0.684. The summed E-state index contributed by atoms with van der Waals surface area (Å²) in [6.07, 6.45) is 1.55. The normalized spacial score (nSPS) is 10.3. The van der Waals surface area contributed by atoms with Crippen LogP contribution in [-0.4, -0.2) is 38.5 Å². The average molecular weight is 309 g/mol. The third-order valence-corrected chi connectivity index (χ3v) is 2.91. The van der Waals surface area contributed by atoms with Crippen LogP contribution in [0.15, 0.2) is 30.5 Å². The van der Waals surface area contributed by atoms with Crippen LogP contribution < -0.4 is 5.32 Å². The van der Waals surface area contributed by atoms with Gasteiger partial charge in [-0.2, -0.15) is 0 Å². The molecule has 1 aromatic heterocycles. The van der Waals surface area contributed by atoms with E-state index < -0.39 is 5.97 Å². The standard InChI is InChI=1S/C13H13ClN4O3/c14-10-3-1-2-9(6-10)7-12(19)15-4-5-18-8-11(13(20)21)16-17-18/h1-3,6,8H,4-5,7H2,(H,15,19)(H,20,21). The van der Waals surface area contributed by atoms with Gasteiger partial charge in [0.2, 0.25) is 5.91 Å². The summed E-state index contributed by atoms with van der Waals surface area (Å²) in [6, 6.07) is 7.08. The van der Waals surface area contributed by atoms with E-state index in [1.165, 1.54) is 10.9 Å². The Kier molecular flexibility index (Phi) is 4.89. The quantitative estimate of drug-likeness (QED) is 0.829. The Morgan fingerprint density at radius 1 is 1.38 bits per heavy atom. The third kappa shape index (κ3) is 4.57. The molecule has 0 fully saturated rings. The van der Waals surface area contributed by atoms with E-state index in [1.54, 1.807) is 18.2 Å². The van der Waals surface area contributed by atoms with E-state index >= 15 is 0 Å². The van der Waals surface area contributed by atoms with Crippen LogP contribution in [0.3, 0.4) is 0 Å². The van der Waals surface area contributed by atoms with Crippen molar-refractivity contribution in [3.63, 3.8) is 0 Å². The second-order valence-corrected chi connectivity index (χ2v) is 4.77. The number of rotatable bonds is 6. The molecule has 0 atom stereocenters. The van der Waals surface area contributed by atoms with Gasteiger partial charge in [-0.3, -0.25) is 4.79 Å². The molecule has 8 heteroatoms. The predicted octanol–water partition coefficient (Wildman–Crippen LogP) is 0.989. The lowest BCUT2D eigenvalue weighted by Crippen LogP contribution is -2.28. The summed E-state index contributed by atoms with van der Waals surface area (Å²) in [7, 11) is 0. The maximum Gasteiger partial charge on any atom is 0.358 e. The number of carboxylic acid groups (broad SMARTS) is 1. The molecule has 0 aliphatic heterocycles. The highest BCUT2D eigenvalue weighted by molar-refractivity contribution is 6.30. The zero-order valence-electron chi connectivity index (χ0n) is 11.0. The number of carboxylic acids is 1. The first-order valence-corrected chi connectivity index (χ1v) is 6.57. The van der Waals surface area contributed by atoms with E-state index in [2.05, 4.69) is 15.6 Å². The number of hydrogen-bond acceptors (Lipinski definition) is 4. The lowest BCUT2D eigenvalue weighted by Gasteiger charge is -2.05. The molecule has 0 bridgehead atoms. The number of amides is 1. The van der Waals surface area contributed by atoms with Crippen molar-refractivity contribution in [2.75, 3.05) is 6.54 Å². The molecule has 0 radical (unpaired) electrons. The van der Waals surface area contributed by atoms with Gasteiger partial charge in [-0.25, -0.2) is 9.48 Å². The number of carbonyl (C=O) groups excluding carboxylic acids is 1. The van der Waals surface area contributed by atoms with Gasteiger partial charge in [-0.15, -0.1) is 5.10 Å². The van der Waals surface area contributed by atoms with Crippen LogP contribution in [0.1, 0.15) is 16.1 Å². The van der Waals surface area contributed by atoms with Gasteiger partial charge in [0, 0.05) is 11.6 Å². The summed E-state index contributed by atoms with van der Waals surface area (Å²) >= 11 is 5.84. The minimum atomic E-state index is -1.13. The first-order valence-electron chi connectivity index (χ1n) is 6.19. The Hall–Kier alpha value is -2.41. The molecule has 1 aromatic carbocycles. The van der Waals surface area contributed by atoms with Crippen molar-refractivity contribution in [3.05, 3.63) is 46.7 Å². The van der Waals surface area contributed by atoms with Crippen LogP contribution in [0.2, 0.25) is 5.02 Å². The van der Waals surface area contributed by atoms with Gasteiger partial charge in [-0.05, 0) is 17.7 Å². The maximum absolute atomic E-state index is 11.7. The third-order valence-electron chi connectivity index (χ3n) is 2.67. The second-order valence-electron chi connectivity index (χ2n) is 4.33. The monoisotopic (exact) mass is 308 g/mol. The molecule has 0 saturated carbocycles. The zero-order chi connectivity index (χ0) is 15.2. The molecule has 0 aliphatic carbocycles. The van der Waals surface area contributed by atoms with Gasteiger partial charge in [0.15, 0.2) is 5.69 Å². The molecule has 7 nitrogen and oxygen atoms in total. The Morgan fingerprint density at radius 3 is 2.86 bits per heavy atom. The molecule has 110 valence electrons. The van der Waals surface area contributed by atoms with Crippen molar-refractivity contribution < 1.29 is 14.7 Å². The highest BCUT2D eigenvalue weighted by Gasteiger charge is 2.08. The highest BCUT2D eigenvalue weighted by Crippen LogP contribution is 2.10. The molecular formula is C13H13ClN4O3. The number of aromatic carboxylic acids is 1. The van der Waals surface area contributed by atoms with E-state index in [4.69, 9.17) is 16.7 Å². The van der Waals surface area contributed by atoms with Crippen molar-refractivity contribution in [1.29, 1.82) is 0 Å². The molecule has 2 rings (SSSR count). The lowest BCUT2D eigenvalue weighted by atomic mass is 10.1.